The summed E-state index contributed by atoms with van der Waals surface area (Å²) in [6.45, 7) is 8.84. The second kappa shape index (κ2) is 7.22. The summed E-state index contributed by atoms with van der Waals surface area (Å²) < 4.78 is 5.53. The Hall–Kier alpha value is -0.650. The Morgan fingerprint density at radius 1 is 1.47 bits per heavy atom. The monoisotopic (exact) mass is 271 g/mol. The van der Waals surface area contributed by atoms with Crippen LogP contribution in [0.2, 0.25) is 0 Å². The van der Waals surface area contributed by atoms with Crippen molar-refractivity contribution in [3.8, 4) is 0 Å². The molecule has 0 aromatic heterocycles. The van der Waals surface area contributed by atoms with Gasteiger partial charge in [-0.25, -0.2) is 0 Å². The van der Waals surface area contributed by atoms with Crippen LogP contribution in [0.5, 0.6) is 0 Å². The van der Waals surface area contributed by atoms with Crippen molar-refractivity contribution in [1.82, 2.24) is 4.90 Å². The first kappa shape index (κ1) is 16.4. The molecule has 0 aliphatic carbocycles. The number of nitrogens with zero attached hydrogens (tertiary/aromatic N) is 1. The Labute approximate surface area is 116 Å². The molecular weight excluding hydrogens is 242 g/mol. The second-order valence-corrected chi connectivity index (χ2v) is 6.24. The second-order valence-electron chi connectivity index (χ2n) is 6.24. The van der Waals surface area contributed by atoms with Gasteiger partial charge in [-0.1, -0.05) is 20.3 Å². The van der Waals surface area contributed by atoms with Crippen LogP contribution in [0.1, 0.15) is 40.0 Å². The smallest absolute Gasteiger partial charge is 0.0963 e. The molecule has 1 heterocycles. The number of nitrogens with two attached hydrogens (primary N) is 1. The van der Waals surface area contributed by atoms with Gasteiger partial charge in [0.25, 0.3) is 0 Å². The van der Waals surface area contributed by atoms with Gasteiger partial charge in [0, 0.05) is 18.0 Å². The summed E-state index contributed by atoms with van der Waals surface area (Å²) >= 11 is 0. The highest BCUT2D eigenvalue weighted by molar-refractivity contribution is 5.82. The molecule has 19 heavy (non-hydrogen) atoms. The van der Waals surface area contributed by atoms with Crippen LogP contribution < -0.4 is 5.73 Å². The molecule has 112 valence electrons. The molecule has 1 saturated heterocycles. The number of aliphatic hydroxyl groups is 1. The van der Waals surface area contributed by atoms with E-state index in [-0.39, 0.29) is 24.0 Å². The minimum atomic E-state index is -0.190. The summed E-state index contributed by atoms with van der Waals surface area (Å²) in [5.74, 6) is 0.271. The molecule has 2 atom stereocenters. The molecule has 0 amide bonds. The van der Waals surface area contributed by atoms with Gasteiger partial charge in [-0.3, -0.25) is 10.3 Å². The molecule has 0 spiro atoms. The molecule has 0 aromatic carbocycles. The summed E-state index contributed by atoms with van der Waals surface area (Å²) in [7, 11) is 0. The number of aliphatic hydroxyl groups excluding tert-OH is 1. The standard InChI is InChI=1S/C14H29N3O2/c1-11-10-19-12(9-18)8-17(11)7-5-4-6-14(2,3)13(15)16/h11-12,18H,4-10H2,1-3H3,(H3,15,16). The van der Waals surface area contributed by atoms with Crippen LogP contribution in [0.3, 0.4) is 0 Å². The topological polar surface area (TPSA) is 82.6 Å². The summed E-state index contributed by atoms with van der Waals surface area (Å²) in [5.41, 5.74) is 5.39. The Morgan fingerprint density at radius 3 is 2.74 bits per heavy atom. The first-order valence-electron chi connectivity index (χ1n) is 7.18. The molecule has 1 aliphatic rings. The molecule has 5 nitrogen and oxygen atoms in total. The number of nitrogens with one attached hydrogen (secondary N) is 1. The zero-order valence-electron chi connectivity index (χ0n) is 12.5. The number of hydrogen-bond donors (Lipinski definition) is 3. The molecular formula is C14H29N3O2. The van der Waals surface area contributed by atoms with Crippen molar-refractivity contribution >= 4 is 5.84 Å². The van der Waals surface area contributed by atoms with Crippen LogP contribution in [0, 0.1) is 10.8 Å². The van der Waals surface area contributed by atoms with Crippen LogP contribution in [0.15, 0.2) is 0 Å². The Kier molecular flexibility index (Phi) is 6.23. The van der Waals surface area contributed by atoms with Gasteiger partial charge in [0.15, 0.2) is 0 Å². The maximum atomic E-state index is 9.15. The SMILES string of the molecule is CC1COC(CO)CN1CCCCC(C)(C)C(=N)N. The highest BCUT2D eigenvalue weighted by Gasteiger charge is 2.25. The molecule has 5 heteroatoms. The molecule has 2 unspecified atom stereocenters. The van der Waals surface area contributed by atoms with Crippen LogP contribution in [-0.4, -0.2) is 54.3 Å². The Morgan fingerprint density at radius 2 is 2.16 bits per heavy atom. The third-order valence-electron chi connectivity index (χ3n) is 4.06. The molecule has 1 rings (SSSR count). The van der Waals surface area contributed by atoms with E-state index in [1.54, 1.807) is 0 Å². The maximum absolute atomic E-state index is 9.15. The number of ether oxygens (including phenoxy) is 1. The zero-order chi connectivity index (χ0) is 14.5. The van der Waals surface area contributed by atoms with Crippen LogP contribution in [-0.2, 0) is 4.74 Å². The van der Waals surface area contributed by atoms with Crippen molar-refractivity contribution in [2.75, 3.05) is 26.3 Å². The highest BCUT2D eigenvalue weighted by Crippen LogP contribution is 2.23. The van der Waals surface area contributed by atoms with Crippen LogP contribution in [0.25, 0.3) is 0 Å². The number of amidine groups is 1. The number of rotatable bonds is 7. The predicted octanol–water partition coefficient (Wildman–Crippen LogP) is 1.20. The Balaban J connectivity index is 2.26. The van der Waals surface area contributed by atoms with Gasteiger partial charge in [-0.15, -0.1) is 0 Å². The fourth-order valence-electron chi connectivity index (χ4n) is 2.31. The molecule has 0 bridgehead atoms. The summed E-state index contributed by atoms with van der Waals surface area (Å²) in [4.78, 5) is 2.38. The molecule has 0 aromatic rings. The van der Waals surface area contributed by atoms with E-state index in [0.29, 0.717) is 12.6 Å². The zero-order valence-corrected chi connectivity index (χ0v) is 12.5. The van der Waals surface area contributed by atoms with E-state index in [4.69, 9.17) is 21.0 Å². The van der Waals surface area contributed by atoms with E-state index < -0.39 is 0 Å². The van der Waals surface area contributed by atoms with Crippen LogP contribution in [0.4, 0.5) is 0 Å². The van der Waals surface area contributed by atoms with Crippen molar-refractivity contribution < 1.29 is 9.84 Å². The van der Waals surface area contributed by atoms with Gasteiger partial charge in [0.05, 0.1) is 25.2 Å². The van der Waals surface area contributed by atoms with E-state index in [0.717, 1.165) is 32.4 Å². The lowest BCUT2D eigenvalue weighted by atomic mass is 9.86. The number of morpholine rings is 1. The average Bonchev–Trinajstić information content (AvgIpc) is 2.36. The highest BCUT2D eigenvalue weighted by atomic mass is 16.5. The van der Waals surface area contributed by atoms with E-state index in [1.807, 2.05) is 13.8 Å². The third kappa shape index (κ3) is 5.09. The molecule has 0 saturated carbocycles. The van der Waals surface area contributed by atoms with Gasteiger partial charge < -0.3 is 15.6 Å². The normalized spacial score (nSPS) is 25.5. The van der Waals surface area contributed by atoms with Crippen molar-refractivity contribution in [2.45, 2.75) is 52.2 Å². The van der Waals surface area contributed by atoms with Gasteiger partial charge in [0.2, 0.25) is 0 Å². The quantitative estimate of drug-likeness (QED) is 0.369. The lowest BCUT2D eigenvalue weighted by molar-refractivity contribution is -0.0780. The van der Waals surface area contributed by atoms with Crippen molar-refractivity contribution in [3.63, 3.8) is 0 Å². The number of unbranched alkanes of at least 4 members (excludes halogenated alkanes) is 1. The summed E-state index contributed by atoms with van der Waals surface area (Å²) in [6, 6.07) is 0.420. The average molecular weight is 271 g/mol. The molecule has 1 fully saturated rings. The Bertz CT molecular complexity index is 294. The lowest BCUT2D eigenvalue weighted by Gasteiger charge is -2.37. The van der Waals surface area contributed by atoms with Gasteiger partial charge in [0.1, 0.15) is 0 Å². The van der Waals surface area contributed by atoms with Gasteiger partial charge in [-0.2, -0.15) is 0 Å². The summed E-state index contributed by atoms with van der Waals surface area (Å²) in [6.07, 6.45) is 3.08. The minimum Gasteiger partial charge on any atom is -0.394 e. The van der Waals surface area contributed by atoms with E-state index in [2.05, 4.69) is 11.8 Å². The third-order valence-corrected chi connectivity index (χ3v) is 4.06. The van der Waals surface area contributed by atoms with Crippen LogP contribution >= 0.6 is 0 Å². The van der Waals surface area contributed by atoms with Gasteiger partial charge >= 0.3 is 0 Å². The summed E-state index contributed by atoms with van der Waals surface area (Å²) in [5, 5.41) is 16.7. The van der Waals surface area contributed by atoms with Crippen molar-refractivity contribution in [2.24, 2.45) is 11.1 Å². The fraction of sp³-hybridized carbons (Fsp3) is 0.929. The fourth-order valence-corrected chi connectivity index (χ4v) is 2.31. The largest absolute Gasteiger partial charge is 0.394 e. The van der Waals surface area contributed by atoms with Crippen molar-refractivity contribution in [3.05, 3.63) is 0 Å². The van der Waals surface area contributed by atoms with Gasteiger partial charge in [-0.05, 0) is 26.3 Å². The van der Waals surface area contributed by atoms with E-state index >= 15 is 0 Å². The molecule has 0 radical (unpaired) electrons. The van der Waals surface area contributed by atoms with Crippen molar-refractivity contribution in [1.29, 1.82) is 5.41 Å². The number of hydrogen-bond acceptors (Lipinski definition) is 4. The maximum Gasteiger partial charge on any atom is 0.0963 e. The minimum absolute atomic E-state index is 0.0372. The molecule has 1 aliphatic heterocycles. The lowest BCUT2D eigenvalue weighted by Crippen LogP contribution is -2.49. The predicted molar refractivity (Wildman–Crippen MR) is 77.4 cm³/mol. The first-order valence-corrected chi connectivity index (χ1v) is 7.18. The van der Waals surface area contributed by atoms with E-state index in [1.165, 1.54) is 0 Å². The molecule has 4 N–H and O–H groups in total. The van der Waals surface area contributed by atoms with E-state index in [9.17, 15) is 0 Å². The first-order chi connectivity index (χ1) is 8.86.